The topological polar surface area (TPSA) is 72.5 Å². The van der Waals surface area contributed by atoms with Gasteiger partial charge in [0, 0.05) is 11.9 Å². The fourth-order valence-electron chi connectivity index (χ4n) is 1.59. The molecular formula is C14H16ClIN4O. The lowest BCUT2D eigenvalue weighted by Gasteiger charge is -2.08. The minimum atomic E-state index is 0. The van der Waals surface area contributed by atoms with Gasteiger partial charge in [0.2, 0.25) is 0 Å². The molecule has 0 saturated heterocycles. The molecule has 0 radical (unpaired) electrons. The van der Waals surface area contributed by atoms with Crippen LogP contribution in [0.25, 0.3) is 0 Å². The summed E-state index contributed by atoms with van der Waals surface area (Å²) < 4.78 is 5.08. The lowest BCUT2D eigenvalue weighted by atomic mass is 10.3. The first-order valence-corrected chi connectivity index (χ1v) is 6.37. The van der Waals surface area contributed by atoms with Crippen molar-refractivity contribution < 1.29 is 4.74 Å². The molecule has 7 heteroatoms. The predicted octanol–water partition coefficient (Wildman–Crippen LogP) is 3.29. The number of nitrogens with one attached hydrogen (secondary N) is 1. The highest BCUT2D eigenvalue weighted by molar-refractivity contribution is 14.0. The summed E-state index contributed by atoms with van der Waals surface area (Å²) in [6, 6.07) is 11.0. The fourth-order valence-corrected chi connectivity index (χ4v) is 1.85. The summed E-state index contributed by atoms with van der Waals surface area (Å²) in [7, 11) is 1.57. The number of anilines is 1. The number of hydrogen-bond donors (Lipinski definition) is 2. The van der Waals surface area contributed by atoms with Crippen LogP contribution in [0.5, 0.6) is 5.75 Å². The SMILES string of the molecule is COc1ccc(NC(N)=NCc2ccccn2)cc1Cl.I. The molecule has 2 rings (SSSR count). The van der Waals surface area contributed by atoms with Crippen LogP contribution in [0.15, 0.2) is 47.6 Å². The van der Waals surface area contributed by atoms with E-state index in [0.717, 1.165) is 11.4 Å². The van der Waals surface area contributed by atoms with Crippen LogP contribution in [0.1, 0.15) is 5.69 Å². The summed E-state index contributed by atoms with van der Waals surface area (Å²) in [5.74, 6) is 0.915. The maximum absolute atomic E-state index is 6.03. The Kier molecular flexibility index (Phi) is 7.24. The van der Waals surface area contributed by atoms with E-state index in [-0.39, 0.29) is 24.0 Å². The zero-order chi connectivity index (χ0) is 14.4. The van der Waals surface area contributed by atoms with Gasteiger partial charge < -0.3 is 15.8 Å². The molecule has 21 heavy (non-hydrogen) atoms. The van der Waals surface area contributed by atoms with E-state index in [2.05, 4.69) is 15.3 Å². The third-order valence-electron chi connectivity index (χ3n) is 2.56. The number of ether oxygens (including phenoxy) is 1. The van der Waals surface area contributed by atoms with E-state index >= 15 is 0 Å². The van der Waals surface area contributed by atoms with Gasteiger partial charge in [0.15, 0.2) is 5.96 Å². The van der Waals surface area contributed by atoms with E-state index in [1.54, 1.807) is 25.4 Å². The summed E-state index contributed by atoms with van der Waals surface area (Å²) in [6.07, 6.45) is 1.72. The van der Waals surface area contributed by atoms with E-state index < -0.39 is 0 Å². The van der Waals surface area contributed by atoms with Crippen molar-refractivity contribution in [1.82, 2.24) is 4.98 Å². The molecule has 0 bridgehead atoms. The molecule has 1 heterocycles. The van der Waals surface area contributed by atoms with Gasteiger partial charge in [0.1, 0.15) is 5.75 Å². The Morgan fingerprint density at radius 3 is 2.81 bits per heavy atom. The number of rotatable bonds is 4. The zero-order valence-corrected chi connectivity index (χ0v) is 14.5. The molecule has 0 amide bonds. The molecule has 0 saturated carbocycles. The van der Waals surface area contributed by atoms with Crippen LogP contribution in [-0.2, 0) is 6.54 Å². The first-order valence-electron chi connectivity index (χ1n) is 5.99. The predicted molar refractivity (Wildman–Crippen MR) is 96.6 cm³/mol. The number of nitrogens with zero attached hydrogens (tertiary/aromatic N) is 2. The van der Waals surface area contributed by atoms with Crippen molar-refractivity contribution in [3.8, 4) is 5.75 Å². The minimum absolute atomic E-state index is 0. The smallest absolute Gasteiger partial charge is 0.193 e. The van der Waals surface area contributed by atoms with Crippen molar-refractivity contribution in [2.45, 2.75) is 6.54 Å². The Hall–Kier alpha value is -1.54. The van der Waals surface area contributed by atoms with Crippen LogP contribution >= 0.6 is 35.6 Å². The summed E-state index contributed by atoms with van der Waals surface area (Å²) in [6.45, 7) is 0.420. The molecule has 1 aromatic carbocycles. The number of methoxy groups -OCH3 is 1. The number of aliphatic imine (C=N–C) groups is 1. The van der Waals surface area contributed by atoms with Gasteiger partial charge in [0.05, 0.1) is 24.4 Å². The highest BCUT2D eigenvalue weighted by Gasteiger charge is 2.02. The fraction of sp³-hybridized carbons (Fsp3) is 0.143. The molecule has 1 aromatic heterocycles. The maximum Gasteiger partial charge on any atom is 0.193 e. The first-order chi connectivity index (χ1) is 9.69. The standard InChI is InChI=1S/C14H15ClN4O.HI/c1-20-13-6-5-10(8-12(13)15)19-14(16)18-9-11-4-2-3-7-17-11;/h2-8H,9H2,1H3,(H3,16,18,19);1H. The van der Waals surface area contributed by atoms with Gasteiger partial charge in [-0.25, -0.2) is 4.99 Å². The minimum Gasteiger partial charge on any atom is -0.495 e. The average Bonchev–Trinajstić information content (AvgIpc) is 2.46. The van der Waals surface area contributed by atoms with Gasteiger partial charge in [-0.05, 0) is 30.3 Å². The van der Waals surface area contributed by atoms with E-state index in [9.17, 15) is 0 Å². The number of pyridine rings is 1. The molecule has 0 unspecified atom stereocenters. The summed E-state index contributed by atoms with van der Waals surface area (Å²) in [5, 5.41) is 3.47. The molecule has 0 fully saturated rings. The Morgan fingerprint density at radius 1 is 1.38 bits per heavy atom. The largest absolute Gasteiger partial charge is 0.495 e. The van der Waals surface area contributed by atoms with Crippen LogP contribution in [0.4, 0.5) is 5.69 Å². The van der Waals surface area contributed by atoms with Gasteiger partial charge in [-0.15, -0.1) is 24.0 Å². The highest BCUT2D eigenvalue weighted by Crippen LogP contribution is 2.26. The van der Waals surface area contributed by atoms with E-state index in [1.165, 1.54) is 0 Å². The van der Waals surface area contributed by atoms with E-state index in [1.807, 2.05) is 24.3 Å². The average molecular weight is 419 g/mol. The lowest BCUT2D eigenvalue weighted by molar-refractivity contribution is 0.415. The van der Waals surface area contributed by atoms with Crippen LogP contribution in [0.3, 0.4) is 0 Å². The van der Waals surface area contributed by atoms with Gasteiger partial charge >= 0.3 is 0 Å². The second-order valence-corrected chi connectivity index (χ2v) is 4.40. The lowest BCUT2D eigenvalue weighted by Crippen LogP contribution is -2.22. The maximum atomic E-state index is 6.03. The molecule has 0 aliphatic carbocycles. The van der Waals surface area contributed by atoms with Crippen molar-refractivity contribution >= 4 is 47.2 Å². The normalized spacial score (nSPS) is 10.7. The molecule has 0 atom stereocenters. The molecule has 0 spiro atoms. The molecular weight excluding hydrogens is 403 g/mol. The number of benzene rings is 1. The van der Waals surface area contributed by atoms with Crippen LogP contribution < -0.4 is 15.8 Å². The Morgan fingerprint density at radius 2 is 2.19 bits per heavy atom. The van der Waals surface area contributed by atoms with Crippen molar-refractivity contribution in [1.29, 1.82) is 0 Å². The Bertz CT molecular complexity index is 607. The van der Waals surface area contributed by atoms with Crippen LogP contribution in [0.2, 0.25) is 5.02 Å². The van der Waals surface area contributed by atoms with Crippen LogP contribution in [0, 0.1) is 0 Å². The zero-order valence-electron chi connectivity index (χ0n) is 11.4. The summed E-state index contributed by atoms with van der Waals surface area (Å²) in [5.41, 5.74) is 7.41. The van der Waals surface area contributed by atoms with Crippen molar-refractivity contribution in [2.24, 2.45) is 10.7 Å². The number of guanidine groups is 1. The van der Waals surface area contributed by atoms with Crippen molar-refractivity contribution in [3.63, 3.8) is 0 Å². The molecule has 112 valence electrons. The third-order valence-corrected chi connectivity index (χ3v) is 2.86. The second-order valence-electron chi connectivity index (χ2n) is 4.00. The third kappa shape index (κ3) is 5.39. The second kappa shape index (κ2) is 8.68. The number of nitrogens with two attached hydrogens (primary N) is 1. The molecule has 0 aliphatic heterocycles. The molecule has 3 N–H and O–H groups in total. The quantitative estimate of drug-likeness (QED) is 0.454. The van der Waals surface area contributed by atoms with Gasteiger partial charge in [-0.3, -0.25) is 4.98 Å². The monoisotopic (exact) mass is 418 g/mol. The van der Waals surface area contributed by atoms with Gasteiger partial charge in [-0.2, -0.15) is 0 Å². The molecule has 0 aliphatic rings. The Labute approximate surface area is 145 Å². The molecule has 5 nitrogen and oxygen atoms in total. The number of aromatic nitrogens is 1. The highest BCUT2D eigenvalue weighted by atomic mass is 127. The molecule has 2 aromatic rings. The van der Waals surface area contributed by atoms with E-state index in [0.29, 0.717) is 23.3 Å². The van der Waals surface area contributed by atoms with Crippen molar-refractivity contribution in [3.05, 3.63) is 53.3 Å². The van der Waals surface area contributed by atoms with Gasteiger partial charge in [0.25, 0.3) is 0 Å². The van der Waals surface area contributed by atoms with Crippen molar-refractivity contribution in [2.75, 3.05) is 12.4 Å². The van der Waals surface area contributed by atoms with Crippen LogP contribution in [-0.4, -0.2) is 18.1 Å². The number of halogens is 2. The summed E-state index contributed by atoms with van der Waals surface area (Å²) >= 11 is 6.03. The first kappa shape index (κ1) is 17.5. The number of hydrogen-bond acceptors (Lipinski definition) is 3. The van der Waals surface area contributed by atoms with E-state index in [4.69, 9.17) is 22.1 Å². The summed E-state index contributed by atoms with van der Waals surface area (Å²) in [4.78, 5) is 8.37. The Balaban J connectivity index is 0.00000220. The van der Waals surface area contributed by atoms with Gasteiger partial charge in [-0.1, -0.05) is 17.7 Å².